The number of piperidine rings is 1. The Kier molecular flexibility index (Phi) is 7.00. The van der Waals surface area contributed by atoms with Crippen molar-refractivity contribution >= 4 is 16.8 Å². The first-order chi connectivity index (χ1) is 15.6. The number of nitrogens with zero attached hydrogens (tertiary/aromatic N) is 2. The van der Waals surface area contributed by atoms with Gasteiger partial charge >= 0.3 is 0 Å². The Morgan fingerprint density at radius 1 is 1.09 bits per heavy atom. The number of carbonyl (C=O) groups excluding carboxylic acids is 1. The van der Waals surface area contributed by atoms with Gasteiger partial charge in [0.2, 0.25) is 0 Å². The summed E-state index contributed by atoms with van der Waals surface area (Å²) < 4.78 is 10.6. The topological polar surface area (TPSA) is 57.8 Å². The molecule has 1 N–H and O–H groups in total. The first kappa shape index (κ1) is 22.2. The van der Waals surface area contributed by atoms with Crippen LogP contribution >= 0.6 is 0 Å². The molecule has 1 fully saturated rings. The second-order valence-electron chi connectivity index (χ2n) is 8.57. The molecule has 3 aromatic rings. The predicted molar refractivity (Wildman–Crippen MR) is 127 cm³/mol. The van der Waals surface area contributed by atoms with Crippen LogP contribution in [0.5, 0.6) is 11.5 Å². The fraction of sp³-hybridized carbons (Fsp3) is 0.423. The van der Waals surface area contributed by atoms with E-state index < -0.39 is 0 Å². The molecule has 1 unspecified atom stereocenters. The number of carbonyl (C=O) groups is 1. The first-order valence-corrected chi connectivity index (χ1v) is 11.4. The molecule has 6 heteroatoms. The van der Waals surface area contributed by atoms with Gasteiger partial charge in [-0.3, -0.25) is 9.69 Å². The van der Waals surface area contributed by atoms with E-state index in [4.69, 9.17) is 9.47 Å². The van der Waals surface area contributed by atoms with E-state index in [2.05, 4.69) is 28.9 Å². The van der Waals surface area contributed by atoms with Crippen LogP contribution in [0, 0.1) is 5.92 Å². The van der Waals surface area contributed by atoms with Crippen LogP contribution in [0.4, 0.5) is 0 Å². The number of aromatic amines is 1. The summed E-state index contributed by atoms with van der Waals surface area (Å²) in [6.45, 7) is 6.59. The Hall–Kier alpha value is -2.99. The van der Waals surface area contributed by atoms with Crippen molar-refractivity contribution in [1.82, 2.24) is 14.8 Å². The quantitative estimate of drug-likeness (QED) is 0.564. The fourth-order valence-corrected chi connectivity index (χ4v) is 4.62. The number of methoxy groups -OCH3 is 2. The third-order valence-electron chi connectivity index (χ3n) is 6.38. The molecular formula is C26H33N3O3. The van der Waals surface area contributed by atoms with Crippen molar-refractivity contribution in [2.24, 2.45) is 5.92 Å². The lowest BCUT2D eigenvalue weighted by molar-refractivity contribution is 0.0680. The van der Waals surface area contributed by atoms with Gasteiger partial charge in [0.15, 0.2) is 0 Å². The van der Waals surface area contributed by atoms with E-state index in [1.165, 1.54) is 12.0 Å². The lowest BCUT2D eigenvalue weighted by Gasteiger charge is -2.35. The molecule has 0 spiro atoms. The van der Waals surface area contributed by atoms with Crippen LogP contribution in [0.25, 0.3) is 10.9 Å². The number of rotatable bonds is 8. The Morgan fingerprint density at radius 2 is 1.84 bits per heavy atom. The van der Waals surface area contributed by atoms with E-state index in [1.54, 1.807) is 14.2 Å². The van der Waals surface area contributed by atoms with E-state index in [0.29, 0.717) is 18.2 Å². The van der Waals surface area contributed by atoms with Crippen molar-refractivity contribution in [3.8, 4) is 11.5 Å². The van der Waals surface area contributed by atoms with Crippen molar-refractivity contribution in [3.05, 3.63) is 59.8 Å². The van der Waals surface area contributed by atoms with Crippen molar-refractivity contribution < 1.29 is 14.3 Å². The second-order valence-corrected chi connectivity index (χ2v) is 8.57. The van der Waals surface area contributed by atoms with Crippen LogP contribution in [-0.2, 0) is 6.54 Å². The number of fused-ring (bicyclic) bond motifs is 1. The lowest BCUT2D eigenvalue weighted by Crippen LogP contribution is -2.42. The molecule has 2 aromatic carbocycles. The fourth-order valence-electron chi connectivity index (χ4n) is 4.62. The van der Waals surface area contributed by atoms with Gasteiger partial charge < -0.3 is 19.4 Å². The van der Waals surface area contributed by atoms with E-state index >= 15 is 0 Å². The van der Waals surface area contributed by atoms with Crippen LogP contribution in [-0.4, -0.2) is 61.1 Å². The molecule has 0 saturated carbocycles. The summed E-state index contributed by atoms with van der Waals surface area (Å²) in [5.74, 6) is 2.22. The molecule has 0 bridgehead atoms. The number of hydrogen-bond acceptors (Lipinski definition) is 4. The number of likely N-dealkylation sites (tertiary alicyclic amines) is 1. The van der Waals surface area contributed by atoms with Crippen LogP contribution < -0.4 is 9.47 Å². The Labute approximate surface area is 190 Å². The zero-order chi connectivity index (χ0) is 22.5. The summed E-state index contributed by atoms with van der Waals surface area (Å²) in [5, 5.41) is 1.02. The molecule has 1 saturated heterocycles. The van der Waals surface area contributed by atoms with Gasteiger partial charge in [-0.05, 0) is 68.1 Å². The van der Waals surface area contributed by atoms with E-state index in [0.717, 1.165) is 55.0 Å². The molecule has 0 radical (unpaired) electrons. The average molecular weight is 436 g/mol. The van der Waals surface area contributed by atoms with Gasteiger partial charge in [-0.15, -0.1) is 0 Å². The smallest absolute Gasteiger partial charge is 0.270 e. The lowest BCUT2D eigenvalue weighted by atomic mass is 9.96. The average Bonchev–Trinajstić information content (AvgIpc) is 3.26. The molecule has 1 aliphatic rings. The standard InChI is InChI=1S/C26H33N3O3/c1-4-29(26(30)25-14-21-9-12-23(32-3)15-24(21)27-25)18-20-6-5-13-28(17-20)16-19-7-10-22(31-2)11-8-19/h7-12,14-15,20,27H,4-6,13,16-18H2,1-3H3. The van der Waals surface area contributed by atoms with Crippen molar-refractivity contribution in [2.75, 3.05) is 40.4 Å². The summed E-state index contributed by atoms with van der Waals surface area (Å²) in [6.07, 6.45) is 2.32. The molecule has 4 rings (SSSR count). The van der Waals surface area contributed by atoms with Gasteiger partial charge in [-0.25, -0.2) is 0 Å². The number of aromatic nitrogens is 1. The normalized spacial score (nSPS) is 16.8. The summed E-state index contributed by atoms with van der Waals surface area (Å²) >= 11 is 0. The van der Waals surface area contributed by atoms with Gasteiger partial charge in [-0.2, -0.15) is 0 Å². The minimum Gasteiger partial charge on any atom is -0.497 e. The SMILES string of the molecule is CCN(CC1CCCN(Cc2ccc(OC)cc2)C1)C(=O)c1cc2ccc(OC)cc2[nH]1. The van der Waals surface area contributed by atoms with Crippen LogP contribution in [0.2, 0.25) is 0 Å². The van der Waals surface area contributed by atoms with Gasteiger partial charge in [0.1, 0.15) is 17.2 Å². The summed E-state index contributed by atoms with van der Waals surface area (Å²) in [7, 11) is 3.34. The summed E-state index contributed by atoms with van der Waals surface area (Å²) in [5.41, 5.74) is 2.86. The molecule has 32 heavy (non-hydrogen) atoms. The van der Waals surface area contributed by atoms with Gasteiger partial charge in [0.05, 0.1) is 14.2 Å². The molecule has 1 amide bonds. The highest BCUT2D eigenvalue weighted by Crippen LogP contribution is 2.24. The third-order valence-corrected chi connectivity index (χ3v) is 6.38. The number of H-pyrrole nitrogens is 1. The largest absolute Gasteiger partial charge is 0.497 e. The highest BCUT2D eigenvalue weighted by Gasteiger charge is 2.25. The summed E-state index contributed by atoms with van der Waals surface area (Å²) in [4.78, 5) is 21.0. The maximum absolute atomic E-state index is 13.2. The molecular weight excluding hydrogens is 402 g/mol. The highest BCUT2D eigenvalue weighted by atomic mass is 16.5. The number of amides is 1. The minimum atomic E-state index is 0.0648. The van der Waals surface area contributed by atoms with Crippen LogP contribution in [0.1, 0.15) is 35.8 Å². The monoisotopic (exact) mass is 435 g/mol. The summed E-state index contributed by atoms with van der Waals surface area (Å²) in [6, 6.07) is 16.1. The van der Waals surface area contributed by atoms with E-state index in [9.17, 15) is 4.79 Å². The number of ether oxygens (including phenoxy) is 2. The molecule has 2 heterocycles. The third kappa shape index (κ3) is 5.07. The Bertz CT molecular complexity index is 1040. The zero-order valence-electron chi connectivity index (χ0n) is 19.3. The number of nitrogens with one attached hydrogen (secondary N) is 1. The highest BCUT2D eigenvalue weighted by molar-refractivity contribution is 5.98. The van der Waals surface area contributed by atoms with Crippen LogP contribution in [0.3, 0.4) is 0 Å². The van der Waals surface area contributed by atoms with Crippen molar-refractivity contribution in [3.63, 3.8) is 0 Å². The van der Waals surface area contributed by atoms with E-state index in [-0.39, 0.29) is 5.91 Å². The molecule has 170 valence electrons. The number of hydrogen-bond donors (Lipinski definition) is 1. The molecule has 6 nitrogen and oxygen atoms in total. The van der Waals surface area contributed by atoms with Crippen molar-refractivity contribution in [2.45, 2.75) is 26.3 Å². The Balaban J connectivity index is 1.39. The molecule has 1 aromatic heterocycles. The molecule has 1 atom stereocenters. The maximum atomic E-state index is 13.2. The first-order valence-electron chi connectivity index (χ1n) is 11.4. The Morgan fingerprint density at radius 3 is 2.56 bits per heavy atom. The number of benzene rings is 2. The molecule has 1 aliphatic heterocycles. The van der Waals surface area contributed by atoms with Crippen LogP contribution in [0.15, 0.2) is 48.5 Å². The molecule has 0 aliphatic carbocycles. The second kappa shape index (κ2) is 10.1. The van der Waals surface area contributed by atoms with Gasteiger partial charge in [0.25, 0.3) is 5.91 Å². The maximum Gasteiger partial charge on any atom is 0.270 e. The predicted octanol–water partition coefficient (Wildman–Crippen LogP) is 4.56. The minimum absolute atomic E-state index is 0.0648. The van der Waals surface area contributed by atoms with E-state index in [1.807, 2.05) is 41.3 Å². The van der Waals surface area contributed by atoms with Gasteiger partial charge in [0, 0.05) is 43.1 Å². The zero-order valence-corrected chi connectivity index (χ0v) is 19.3. The van der Waals surface area contributed by atoms with Gasteiger partial charge in [-0.1, -0.05) is 12.1 Å². The van der Waals surface area contributed by atoms with Crippen molar-refractivity contribution in [1.29, 1.82) is 0 Å².